The van der Waals surface area contributed by atoms with Crippen LogP contribution in [0.3, 0.4) is 0 Å². The van der Waals surface area contributed by atoms with Crippen molar-refractivity contribution in [1.29, 1.82) is 0 Å². The average Bonchev–Trinajstić information content (AvgIpc) is 3.26. The lowest BCUT2D eigenvalue weighted by atomic mass is 9.35. The zero-order chi connectivity index (χ0) is 43.4. The zero-order valence-corrected chi connectivity index (χ0v) is 37.9. The van der Waals surface area contributed by atoms with Crippen LogP contribution in [0.4, 0.5) is 17.1 Å². The van der Waals surface area contributed by atoms with Gasteiger partial charge in [-0.3, -0.25) is 0 Å². The van der Waals surface area contributed by atoms with Crippen LogP contribution < -0.4 is 35.5 Å². The molecule has 7 aromatic rings. The first-order valence-corrected chi connectivity index (χ1v) is 22.5. The van der Waals surface area contributed by atoms with Crippen LogP contribution in [-0.2, 0) is 5.41 Å². The molecule has 0 radical (unpaired) electrons. The maximum Gasteiger partial charge on any atom is 0.260 e. The van der Waals surface area contributed by atoms with Crippen molar-refractivity contribution in [1.82, 2.24) is 0 Å². The Labute approximate surface area is 369 Å². The van der Waals surface area contributed by atoms with E-state index >= 15 is 0 Å². The summed E-state index contributed by atoms with van der Waals surface area (Å²) >= 11 is 0. The molecule has 0 spiro atoms. The van der Waals surface area contributed by atoms with Gasteiger partial charge in [0.1, 0.15) is 34.5 Å². The Morgan fingerprint density at radius 2 is 0.903 bits per heavy atom. The SMILES string of the molecule is CC(C)c1cccc(C(C)C)c1Oc1cccc(Oc2c(C(C)C)cccc2C(C)C)c1B1c2ccccc2Oc2cc(N3c4ccccc4C(C)(C)c4ccccc43)ccc21. The third-order valence-corrected chi connectivity index (χ3v) is 13.0. The highest BCUT2D eigenvalue weighted by atomic mass is 16.5. The summed E-state index contributed by atoms with van der Waals surface area (Å²) in [5, 5.41) is 0. The van der Waals surface area contributed by atoms with E-state index in [1.54, 1.807) is 0 Å². The summed E-state index contributed by atoms with van der Waals surface area (Å²) in [5.74, 6) is 6.04. The van der Waals surface area contributed by atoms with E-state index in [0.717, 1.165) is 56.6 Å². The van der Waals surface area contributed by atoms with Crippen LogP contribution in [0, 0.1) is 0 Å². The zero-order valence-electron chi connectivity index (χ0n) is 37.9. The van der Waals surface area contributed by atoms with Crippen LogP contribution in [0.2, 0.25) is 0 Å². The molecule has 312 valence electrons. The lowest BCUT2D eigenvalue weighted by Crippen LogP contribution is -2.55. The first kappa shape index (κ1) is 41.2. The molecule has 2 heterocycles. The van der Waals surface area contributed by atoms with Crippen LogP contribution in [0.25, 0.3) is 0 Å². The van der Waals surface area contributed by atoms with Crippen molar-refractivity contribution < 1.29 is 14.2 Å². The Balaban J connectivity index is 1.28. The third-order valence-electron chi connectivity index (χ3n) is 13.0. The van der Waals surface area contributed by atoms with Crippen molar-refractivity contribution >= 4 is 40.2 Å². The molecule has 7 aromatic carbocycles. The average molecular weight is 816 g/mol. The normalized spacial score (nSPS) is 13.8. The van der Waals surface area contributed by atoms with E-state index in [4.69, 9.17) is 14.2 Å². The second kappa shape index (κ2) is 16.3. The molecule has 0 unspecified atom stereocenters. The largest absolute Gasteiger partial charge is 0.458 e. The molecule has 0 amide bonds. The summed E-state index contributed by atoms with van der Waals surface area (Å²) in [4.78, 5) is 2.40. The van der Waals surface area contributed by atoms with Gasteiger partial charge in [0.05, 0.1) is 11.4 Å². The van der Waals surface area contributed by atoms with Gasteiger partial charge in [-0.1, -0.05) is 172 Å². The van der Waals surface area contributed by atoms with Gasteiger partial charge in [-0.2, -0.15) is 0 Å². The van der Waals surface area contributed by atoms with Gasteiger partial charge in [0, 0.05) is 22.6 Å². The van der Waals surface area contributed by atoms with Crippen LogP contribution in [0.5, 0.6) is 34.5 Å². The highest BCUT2D eigenvalue weighted by Crippen LogP contribution is 2.52. The quantitative estimate of drug-likeness (QED) is 0.129. The minimum atomic E-state index is -0.280. The molecular weight excluding hydrogens is 757 g/mol. The van der Waals surface area contributed by atoms with Crippen molar-refractivity contribution in [3.63, 3.8) is 0 Å². The van der Waals surface area contributed by atoms with Gasteiger partial charge >= 0.3 is 0 Å². The van der Waals surface area contributed by atoms with E-state index in [0.29, 0.717) is 0 Å². The molecular formula is C57H58BNO3. The Morgan fingerprint density at radius 3 is 1.40 bits per heavy atom. The topological polar surface area (TPSA) is 30.9 Å². The van der Waals surface area contributed by atoms with Gasteiger partial charge in [-0.05, 0) is 104 Å². The number of ether oxygens (including phenoxy) is 3. The standard InChI is InChI=1S/C57H58BNO3/c1-35(2)40-20-17-21-41(36(3)4)55(40)61-51-30-19-31-52(62-56-42(37(5)6)22-18-23-43(56)38(7)8)54(51)58-46-26-13-16-29-50(46)60-53-34-39(32-33-47(53)58)59-48-27-14-11-24-44(48)57(9,10)45-25-12-15-28-49(45)59/h11-38H,1-10H3. The molecule has 0 aromatic heterocycles. The molecule has 0 aliphatic carbocycles. The van der Waals surface area contributed by atoms with Crippen molar-refractivity contribution in [2.45, 2.75) is 98.3 Å². The molecule has 0 bridgehead atoms. The summed E-state index contributed by atoms with van der Waals surface area (Å²) in [6.45, 7) is 22.3. The van der Waals surface area contributed by atoms with E-state index in [1.807, 2.05) is 0 Å². The number of benzene rings is 7. The van der Waals surface area contributed by atoms with E-state index in [-0.39, 0.29) is 35.8 Å². The predicted octanol–water partition coefficient (Wildman–Crippen LogP) is 14.5. The molecule has 2 aliphatic heterocycles. The van der Waals surface area contributed by atoms with Crippen molar-refractivity contribution in [3.05, 3.63) is 179 Å². The fraction of sp³-hybridized carbons (Fsp3) is 0.263. The van der Waals surface area contributed by atoms with E-state index in [1.165, 1.54) is 44.8 Å². The minimum absolute atomic E-state index is 0.161. The van der Waals surface area contributed by atoms with Gasteiger partial charge in [0.2, 0.25) is 0 Å². The van der Waals surface area contributed by atoms with E-state index < -0.39 is 0 Å². The fourth-order valence-corrected chi connectivity index (χ4v) is 9.75. The maximum atomic E-state index is 7.40. The van der Waals surface area contributed by atoms with Crippen molar-refractivity contribution in [2.75, 3.05) is 4.90 Å². The van der Waals surface area contributed by atoms with E-state index in [2.05, 4.69) is 220 Å². The highest BCUT2D eigenvalue weighted by Gasteiger charge is 2.40. The summed E-state index contributed by atoms with van der Waals surface area (Å²) in [6.07, 6.45) is 0. The van der Waals surface area contributed by atoms with Crippen LogP contribution in [0.1, 0.15) is 126 Å². The number of hydrogen-bond acceptors (Lipinski definition) is 4. The molecule has 0 fully saturated rings. The number of para-hydroxylation sites is 5. The van der Waals surface area contributed by atoms with Crippen LogP contribution in [0.15, 0.2) is 146 Å². The van der Waals surface area contributed by atoms with Gasteiger partial charge in [-0.25, -0.2) is 0 Å². The Hall–Kier alpha value is -6.20. The van der Waals surface area contributed by atoms with Crippen molar-refractivity contribution in [2.24, 2.45) is 0 Å². The third kappa shape index (κ3) is 7.06. The van der Waals surface area contributed by atoms with E-state index in [9.17, 15) is 0 Å². The molecule has 0 N–H and O–H groups in total. The lowest BCUT2D eigenvalue weighted by molar-refractivity contribution is 0.449. The second-order valence-corrected chi connectivity index (χ2v) is 18.8. The Morgan fingerprint density at radius 1 is 0.468 bits per heavy atom. The Kier molecular flexibility index (Phi) is 10.8. The molecule has 62 heavy (non-hydrogen) atoms. The van der Waals surface area contributed by atoms with Gasteiger partial charge in [0.25, 0.3) is 6.71 Å². The minimum Gasteiger partial charge on any atom is -0.458 e. The molecule has 2 aliphatic rings. The summed E-state index contributed by atoms with van der Waals surface area (Å²) in [7, 11) is 0. The van der Waals surface area contributed by atoms with Crippen molar-refractivity contribution in [3.8, 4) is 34.5 Å². The molecule has 9 rings (SSSR count). The molecule has 0 atom stereocenters. The first-order valence-electron chi connectivity index (χ1n) is 22.5. The predicted molar refractivity (Wildman–Crippen MR) is 260 cm³/mol. The first-order chi connectivity index (χ1) is 29.8. The monoisotopic (exact) mass is 815 g/mol. The number of rotatable bonds is 10. The number of hydrogen-bond donors (Lipinski definition) is 0. The highest BCUT2D eigenvalue weighted by molar-refractivity contribution is 6.98. The number of fused-ring (bicyclic) bond motifs is 4. The van der Waals surface area contributed by atoms with Crippen LogP contribution >= 0.6 is 0 Å². The Bertz CT molecular complexity index is 2610. The summed E-state index contributed by atoms with van der Waals surface area (Å²) in [6, 6.07) is 52.3. The summed E-state index contributed by atoms with van der Waals surface area (Å²) < 4.78 is 21.8. The second-order valence-electron chi connectivity index (χ2n) is 18.8. The maximum absolute atomic E-state index is 7.40. The fourth-order valence-electron chi connectivity index (χ4n) is 9.75. The molecule has 4 nitrogen and oxygen atoms in total. The van der Waals surface area contributed by atoms with Gasteiger partial charge in [0.15, 0.2) is 0 Å². The molecule has 5 heteroatoms. The smallest absolute Gasteiger partial charge is 0.260 e. The van der Waals surface area contributed by atoms with Gasteiger partial charge < -0.3 is 19.1 Å². The number of anilines is 3. The molecule has 0 saturated heterocycles. The molecule has 0 saturated carbocycles. The van der Waals surface area contributed by atoms with Crippen LogP contribution in [-0.4, -0.2) is 6.71 Å². The van der Waals surface area contributed by atoms with Gasteiger partial charge in [-0.15, -0.1) is 0 Å². The number of nitrogens with zero attached hydrogens (tertiary/aromatic N) is 1. The summed E-state index contributed by atoms with van der Waals surface area (Å²) in [5.41, 5.74) is 13.6. The lowest BCUT2D eigenvalue weighted by Gasteiger charge is -2.42.